The first-order valence-electron chi connectivity index (χ1n) is 8.95. The maximum absolute atomic E-state index is 14.1. The van der Waals surface area contributed by atoms with Gasteiger partial charge in [-0.05, 0) is 35.9 Å². The van der Waals surface area contributed by atoms with Gasteiger partial charge in [-0.3, -0.25) is 9.52 Å². The molecular weight excluding hydrogens is 539 g/mol. The summed E-state index contributed by atoms with van der Waals surface area (Å²) in [5.41, 5.74) is -1.58. The minimum atomic E-state index is -4.97. The van der Waals surface area contributed by atoms with Crippen LogP contribution in [0.15, 0.2) is 51.4 Å². The number of nitrogens with one attached hydrogen (secondary N) is 2. The second kappa shape index (κ2) is 9.14. The smallest absolute Gasteiger partial charge is 0.450 e. The van der Waals surface area contributed by atoms with E-state index in [0.717, 1.165) is 18.2 Å². The van der Waals surface area contributed by atoms with Crippen molar-refractivity contribution in [3.05, 3.63) is 75.5 Å². The first-order chi connectivity index (χ1) is 15.2. The van der Waals surface area contributed by atoms with Gasteiger partial charge < -0.3 is 9.73 Å². The molecule has 3 rings (SSSR count). The molecule has 176 valence electrons. The molecule has 0 spiro atoms. The van der Waals surface area contributed by atoms with Gasteiger partial charge in [0, 0.05) is 16.6 Å². The Morgan fingerprint density at radius 3 is 2.15 bits per heavy atom. The van der Waals surface area contributed by atoms with Crippen LogP contribution < -0.4 is 10.0 Å². The minimum Gasteiger partial charge on any atom is -0.451 e. The molecule has 0 bridgehead atoms. The van der Waals surface area contributed by atoms with E-state index in [4.69, 9.17) is 4.42 Å². The predicted octanol–water partition coefficient (Wildman–Crippen LogP) is 5.31. The molecule has 0 saturated carbocycles. The molecule has 0 radical (unpaired) electrons. The predicted molar refractivity (Wildman–Crippen MR) is 113 cm³/mol. The number of alkyl halides is 3. The fraction of sp³-hybridized carbons (Fsp3) is 0.150. The van der Waals surface area contributed by atoms with Crippen molar-refractivity contribution in [1.29, 1.82) is 0 Å². The van der Waals surface area contributed by atoms with E-state index in [-0.39, 0.29) is 11.3 Å². The van der Waals surface area contributed by atoms with E-state index < -0.39 is 57.3 Å². The molecule has 33 heavy (non-hydrogen) atoms. The Kier molecular flexibility index (Phi) is 6.84. The van der Waals surface area contributed by atoms with Gasteiger partial charge in [-0.1, -0.05) is 28.1 Å². The highest BCUT2D eigenvalue weighted by Gasteiger charge is 2.40. The van der Waals surface area contributed by atoms with Crippen LogP contribution in [-0.4, -0.2) is 20.6 Å². The summed E-state index contributed by atoms with van der Waals surface area (Å²) in [5.74, 6) is -5.44. The molecule has 0 saturated heterocycles. The summed E-state index contributed by atoms with van der Waals surface area (Å²) in [6.45, 7) is -0.540. The number of sulfonamides is 1. The molecule has 0 fully saturated rings. The average molecular weight is 553 g/mol. The van der Waals surface area contributed by atoms with Crippen molar-refractivity contribution >= 4 is 37.5 Å². The topological polar surface area (TPSA) is 88.4 Å². The minimum absolute atomic E-state index is 0.150. The lowest BCUT2D eigenvalue weighted by atomic mass is 10.1. The Bertz CT molecular complexity index is 1280. The van der Waals surface area contributed by atoms with Crippen LogP contribution in [0.3, 0.4) is 0 Å². The number of carbonyl (C=O) groups excluding carboxylic acids is 1. The Balaban J connectivity index is 1.85. The number of hydrogen-bond donors (Lipinski definition) is 2. The van der Waals surface area contributed by atoms with Crippen LogP contribution in [0.4, 0.5) is 27.6 Å². The van der Waals surface area contributed by atoms with E-state index in [1.807, 2.05) is 0 Å². The van der Waals surface area contributed by atoms with Crippen molar-refractivity contribution in [2.75, 3.05) is 11.0 Å². The molecule has 2 aromatic carbocycles. The van der Waals surface area contributed by atoms with Crippen LogP contribution in [0, 0.1) is 11.6 Å². The van der Waals surface area contributed by atoms with Crippen LogP contribution in [0.2, 0.25) is 0 Å². The van der Waals surface area contributed by atoms with Crippen molar-refractivity contribution < 1.29 is 39.6 Å². The maximum atomic E-state index is 14.1. The fourth-order valence-electron chi connectivity index (χ4n) is 2.81. The van der Waals surface area contributed by atoms with Gasteiger partial charge in [-0.25, -0.2) is 17.2 Å². The molecule has 0 aliphatic rings. The van der Waals surface area contributed by atoms with Gasteiger partial charge in [0.05, 0.1) is 11.8 Å². The second-order valence-corrected chi connectivity index (χ2v) is 9.51. The first-order valence-corrected chi connectivity index (χ1v) is 11.6. The molecule has 1 heterocycles. The quantitative estimate of drug-likeness (QED) is 0.406. The number of carbonyl (C=O) groups is 1. The Labute approximate surface area is 193 Å². The molecule has 0 unspecified atom stereocenters. The van der Waals surface area contributed by atoms with Crippen LogP contribution >= 0.6 is 15.9 Å². The number of benzene rings is 2. The zero-order chi connectivity index (χ0) is 24.6. The van der Waals surface area contributed by atoms with Gasteiger partial charge in [-0.15, -0.1) is 0 Å². The largest absolute Gasteiger partial charge is 0.451 e. The third-order valence-electron chi connectivity index (χ3n) is 4.21. The van der Waals surface area contributed by atoms with Crippen molar-refractivity contribution in [3.63, 3.8) is 0 Å². The highest BCUT2D eigenvalue weighted by Crippen LogP contribution is 2.37. The van der Waals surface area contributed by atoms with Crippen LogP contribution in [0.25, 0.3) is 11.3 Å². The van der Waals surface area contributed by atoms with Crippen LogP contribution in [-0.2, 0) is 22.7 Å². The van der Waals surface area contributed by atoms with E-state index in [1.54, 1.807) is 16.9 Å². The van der Waals surface area contributed by atoms with Gasteiger partial charge in [0.1, 0.15) is 11.4 Å². The number of furan rings is 1. The van der Waals surface area contributed by atoms with Gasteiger partial charge in [0.2, 0.25) is 15.8 Å². The molecule has 0 aliphatic heterocycles. The van der Waals surface area contributed by atoms with E-state index >= 15 is 0 Å². The lowest BCUT2D eigenvalue weighted by molar-refractivity contribution is -0.153. The molecule has 2 N–H and O–H groups in total. The fourth-order valence-corrected chi connectivity index (χ4v) is 3.64. The molecule has 6 nitrogen and oxygen atoms in total. The molecule has 1 amide bonds. The van der Waals surface area contributed by atoms with Crippen molar-refractivity contribution in [2.45, 2.75) is 12.7 Å². The summed E-state index contributed by atoms with van der Waals surface area (Å²) in [7, 11) is -3.96. The zero-order valence-electron chi connectivity index (χ0n) is 16.6. The van der Waals surface area contributed by atoms with Crippen molar-refractivity contribution in [1.82, 2.24) is 5.32 Å². The monoisotopic (exact) mass is 552 g/mol. The third-order valence-corrected chi connectivity index (χ3v) is 5.31. The Morgan fingerprint density at radius 2 is 1.64 bits per heavy atom. The molecule has 3 aromatic rings. The number of halogens is 6. The number of amides is 1. The van der Waals surface area contributed by atoms with Crippen LogP contribution in [0.5, 0.6) is 0 Å². The van der Waals surface area contributed by atoms with Crippen molar-refractivity contribution in [3.8, 4) is 11.3 Å². The van der Waals surface area contributed by atoms with Crippen LogP contribution in [0.1, 0.15) is 21.7 Å². The number of hydrogen-bond acceptors (Lipinski definition) is 4. The van der Waals surface area contributed by atoms with Gasteiger partial charge >= 0.3 is 6.18 Å². The summed E-state index contributed by atoms with van der Waals surface area (Å²) >= 11 is 3.20. The lowest BCUT2D eigenvalue weighted by Crippen LogP contribution is -2.25. The summed E-state index contributed by atoms with van der Waals surface area (Å²) in [6, 6.07) is 8.54. The molecular formula is C20H14BrF5N2O4S. The zero-order valence-corrected chi connectivity index (χ0v) is 19.0. The van der Waals surface area contributed by atoms with E-state index in [2.05, 4.69) is 21.2 Å². The summed E-state index contributed by atoms with van der Waals surface area (Å²) in [6.07, 6.45) is -4.27. The molecule has 0 aliphatic carbocycles. The van der Waals surface area contributed by atoms with E-state index in [9.17, 15) is 35.2 Å². The van der Waals surface area contributed by atoms with E-state index in [1.165, 1.54) is 12.1 Å². The van der Waals surface area contributed by atoms with E-state index in [0.29, 0.717) is 16.3 Å². The second-order valence-electron chi connectivity index (χ2n) is 6.85. The third kappa shape index (κ3) is 6.11. The number of anilines is 1. The SMILES string of the molecule is CS(=O)(=O)Nc1c(F)cc(CNC(=O)c2cc(-c3ccc(Br)cc3)oc2C(F)(F)F)cc1F. The van der Waals surface area contributed by atoms with Crippen molar-refractivity contribution in [2.24, 2.45) is 0 Å². The highest BCUT2D eigenvalue weighted by atomic mass is 79.9. The standard InChI is InChI=1S/C20H14BrF5N2O4S/c1-33(30,31)28-17-14(22)6-10(7-15(17)23)9-27-19(29)13-8-16(32-18(13)20(24,25)26)11-2-4-12(21)5-3-11/h2-8,28H,9H2,1H3,(H,27,29). The van der Waals surface area contributed by atoms with Gasteiger partial charge in [0.15, 0.2) is 11.6 Å². The summed E-state index contributed by atoms with van der Waals surface area (Å²) < 4.78 is 98.0. The molecule has 0 atom stereocenters. The number of rotatable bonds is 6. The lowest BCUT2D eigenvalue weighted by Gasteiger charge is -2.10. The van der Waals surface area contributed by atoms with Gasteiger partial charge in [-0.2, -0.15) is 13.2 Å². The summed E-state index contributed by atoms with van der Waals surface area (Å²) in [4.78, 5) is 12.5. The Morgan fingerprint density at radius 1 is 1.06 bits per heavy atom. The highest BCUT2D eigenvalue weighted by molar-refractivity contribution is 9.10. The Hall–Kier alpha value is -2.93. The normalized spacial score (nSPS) is 12.0. The summed E-state index contributed by atoms with van der Waals surface area (Å²) in [5, 5.41) is 2.15. The first kappa shape index (κ1) is 24.7. The maximum Gasteiger partial charge on any atom is 0.450 e. The molecule has 1 aromatic heterocycles. The molecule has 13 heteroatoms. The average Bonchev–Trinajstić information content (AvgIpc) is 3.15. The van der Waals surface area contributed by atoms with Gasteiger partial charge in [0.25, 0.3) is 5.91 Å².